The van der Waals surface area contributed by atoms with E-state index in [1.165, 1.54) is 23.1 Å². The number of hydrogen-bond acceptors (Lipinski definition) is 6. The van der Waals surface area contributed by atoms with Crippen LogP contribution in [0.15, 0.2) is 45.7 Å². The van der Waals surface area contributed by atoms with Crippen LogP contribution in [0.1, 0.15) is 19.4 Å². The first-order chi connectivity index (χ1) is 13.0. The number of thioether (sulfide) groups is 1. The summed E-state index contributed by atoms with van der Waals surface area (Å²) in [6, 6.07) is 10.5. The van der Waals surface area contributed by atoms with Crippen LogP contribution < -0.4 is 10.9 Å². The highest BCUT2D eigenvalue weighted by Crippen LogP contribution is 2.22. The second kappa shape index (κ2) is 8.37. The number of aromatic nitrogens is 2. The first-order valence-corrected chi connectivity index (χ1v) is 10.3. The van der Waals surface area contributed by atoms with Gasteiger partial charge in [0.25, 0.3) is 5.56 Å². The molecule has 0 spiro atoms. The highest BCUT2D eigenvalue weighted by atomic mass is 32.2. The van der Waals surface area contributed by atoms with Gasteiger partial charge in [-0.15, -0.1) is 11.3 Å². The molecule has 2 heterocycles. The molecule has 0 saturated carbocycles. The molecule has 3 aromatic rings. The normalized spacial score (nSPS) is 10.9. The van der Waals surface area contributed by atoms with E-state index >= 15 is 0 Å². The zero-order valence-electron chi connectivity index (χ0n) is 14.9. The Morgan fingerprint density at radius 3 is 2.74 bits per heavy atom. The molecule has 0 unspecified atom stereocenters. The summed E-state index contributed by atoms with van der Waals surface area (Å²) in [5.41, 5.74) is 1.77. The molecule has 138 valence electrons. The van der Waals surface area contributed by atoms with Crippen LogP contribution in [-0.2, 0) is 11.3 Å². The molecule has 0 aliphatic heterocycles. The molecule has 8 heteroatoms. The molecule has 0 aliphatic carbocycles. The average Bonchev–Trinajstić information content (AvgIpc) is 3.12. The number of thiophene rings is 1. The fourth-order valence-electron chi connectivity index (χ4n) is 2.52. The van der Waals surface area contributed by atoms with E-state index in [-0.39, 0.29) is 23.1 Å². The molecule has 0 aliphatic rings. The minimum atomic E-state index is -0.194. The van der Waals surface area contributed by atoms with Crippen molar-refractivity contribution in [1.29, 1.82) is 5.26 Å². The number of nitriles is 1. The van der Waals surface area contributed by atoms with Crippen LogP contribution in [0.4, 0.5) is 5.69 Å². The van der Waals surface area contributed by atoms with Gasteiger partial charge in [0.05, 0.1) is 22.9 Å². The Morgan fingerprint density at radius 2 is 2.07 bits per heavy atom. The first-order valence-electron chi connectivity index (χ1n) is 8.39. The van der Waals surface area contributed by atoms with Gasteiger partial charge in [-0.25, -0.2) is 4.98 Å². The zero-order chi connectivity index (χ0) is 19.4. The van der Waals surface area contributed by atoms with Gasteiger partial charge in [0.1, 0.15) is 4.70 Å². The number of nitrogens with one attached hydrogen (secondary N) is 1. The number of carbonyl (C=O) groups is 1. The van der Waals surface area contributed by atoms with Crippen molar-refractivity contribution in [2.45, 2.75) is 25.5 Å². The number of carbonyl (C=O) groups excluding carboxylic acids is 1. The number of amides is 1. The van der Waals surface area contributed by atoms with Crippen LogP contribution in [-0.4, -0.2) is 21.2 Å². The van der Waals surface area contributed by atoms with Crippen LogP contribution in [0, 0.1) is 17.2 Å². The Labute approximate surface area is 164 Å². The topological polar surface area (TPSA) is 87.8 Å². The minimum Gasteiger partial charge on any atom is -0.325 e. The molecule has 0 saturated heterocycles. The summed E-state index contributed by atoms with van der Waals surface area (Å²) in [4.78, 5) is 29.6. The molecular weight excluding hydrogens is 380 g/mol. The summed E-state index contributed by atoms with van der Waals surface area (Å²) in [6.45, 7) is 4.63. The lowest BCUT2D eigenvalue weighted by atomic mass is 10.2. The lowest BCUT2D eigenvalue weighted by Crippen LogP contribution is -2.25. The Kier molecular flexibility index (Phi) is 5.94. The van der Waals surface area contributed by atoms with Crippen molar-refractivity contribution in [2.24, 2.45) is 5.92 Å². The summed E-state index contributed by atoms with van der Waals surface area (Å²) in [5, 5.41) is 14.0. The van der Waals surface area contributed by atoms with E-state index in [0.717, 1.165) is 0 Å². The monoisotopic (exact) mass is 398 g/mol. The number of hydrogen-bond donors (Lipinski definition) is 1. The molecule has 0 atom stereocenters. The Hall–Kier alpha value is -2.63. The van der Waals surface area contributed by atoms with Crippen molar-refractivity contribution in [3.05, 3.63) is 51.6 Å². The smallest absolute Gasteiger partial charge is 0.272 e. The molecule has 6 nitrogen and oxygen atoms in total. The number of nitrogens with zero attached hydrogens (tertiary/aromatic N) is 3. The summed E-state index contributed by atoms with van der Waals surface area (Å²) in [5.74, 6) is 0.231. The minimum absolute atomic E-state index is 0.0568. The van der Waals surface area contributed by atoms with Gasteiger partial charge < -0.3 is 5.32 Å². The molecule has 2 aromatic heterocycles. The van der Waals surface area contributed by atoms with Crippen molar-refractivity contribution < 1.29 is 4.79 Å². The Balaban J connectivity index is 1.76. The van der Waals surface area contributed by atoms with Gasteiger partial charge in [0.2, 0.25) is 5.91 Å². The van der Waals surface area contributed by atoms with Crippen molar-refractivity contribution >= 4 is 44.9 Å². The second-order valence-corrected chi connectivity index (χ2v) is 8.22. The average molecular weight is 399 g/mol. The zero-order valence-corrected chi connectivity index (χ0v) is 16.6. The van der Waals surface area contributed by atoms with E-state index in [1.807, 2.05) is 31.4 Å². The number of benzene rings is 1. The molecule has 27 heavy (non-hydrogen) atoms. The maximum absolute atomic E-state index is 12.7. The highest BCUT2D eigenvalue weighted by Gasteiger charge is 2.15. The molecule has 0 radical (unpaired) electrons. The number of rotatable bonds is 6. The standard InChI is InChI=1S/C19H18N4O2S2/c1-12(2)10-23-18(25)17-15(7-8-26-17)22-19(23)27-11-16(24)21-14-5-3-13(9-20)4-6-14/h3-8,12H,10-11H2,1-2H3,(H,21,24). The number of fused-ring (bicyclic) bond motifs is 1. The first kappa shape index (κ1) is 19.1. The maximum atomic E-state index is 12.7. The van der Waals surface area contributed by atoms with E-state index in [2.05, 4.69) is 10.3 Å². The molecular formula is C19H18N4O2S2. The van der Waals surface area contributed by atoms with Gasteiger partial charge in [0.15, 0.2) is 5.16 Å². The number of anilines is 1. The predicted molar refractivity (Wildman–Crippen MR) is 109 cm³/mol. The van der Waals surface area contributed by atoms with Crippen molar-refractivity contribution in [1.82, 2.24) is 9.55 Å². The Morgan fingerprint density at radius 1 is 1.33 bits per heavy atom. The SMILES string of the molecule is CC(C)Cn1c(SCC(=O)Nc2ccc(C#N)cc2)nc2ccsc2c1=O. The lowest BCUT2D eigenvalue weighted by molar-refractivity contribution is -0.113. The third-order valence-electron chi connectivity index (χ3n) is 3.71. The van der Waals surface area contributed by atoms with Gasteiger partial charge in [-0.3, -0.25) is 14.2 Å². The third-order valence-corrected chi connectivity index (χ3v) is 5.58. The molecule has 0 fully saturated rings. The van der Waals surface area contributed by atoms with Gasteiger partial charge in [-0.1, -0.05) is 25.6 Å². The molecule has 1 aromatic carbocycles. The van der Waals surface area contributed by atoms with Crippen molar-refractivity contribution in [3.8, 4) is 6.07 Å². The predicted octanol–water partition coefficient (Wildman–Crippen LogP) is 3.72. The fourth-order valence-corrected chi connectivity index (χ4v) is 4.10. The van der Waals surface area contributed by atoms with Gasteiger partial charge in [0, 0.05) is 12.2 Å². The van der Waals surface area contributed by atoms with Crippen LogP contribution >= 0.6 is 23.1 Å². The fraction of sp³-hybridized carbons (Fsp3) is 0.263. The van der Waals surface area contributed by atoms with Crippen LogP contribution in [0.5, 0.6) is 0 Å². The van der Waals surface area contributed by atoms with Gasteiger partial charge in [-0.05, 0) is 41.6 Å². The van der Waals surface area contributed by atoms with Gasteiger partial charge in [-0.2, -0.15) is 5.26 Å². The van der Waals surface area contributed by atoms with Crippen molar-refractivity contribution in [3.63, 3.8) is 0 Å². The van der Waals surface area contributed by atoms with E-state index in [0.29, 0.717) is 33.2 Å². The molecule has 3 rings (SSSR count). The highest BCUT2D eigenvalue weighted by molar-refractivity contribution is 7.99. The summed E-state index contributed by atoms with van der Waals surface area (Å²) < 4.78 is 2.30. The summed E-state index contributed by atoms with van der Waals surface area (Å²) >= 11 is 2.63. The quantitative estimate of drug-likeness (QED) is 0.505. The molecule has 1 amide bonds. The molecule has 1 N–H and O–H groups in total. The van der Waals surface area contributed by atoms with Crippen LogP contribution in [0.3, 0.4) is 0 Å². The summed E-state index contributed by atoms with van der Waals surface area (Å²) in [6.07, 6.45) is 0. The van der Waals surface area contributed by atoms with E-state index in [4.69, 9.17) is 5.26 Å². The van der Waals surface area contributed by atoms with Crippen LogP contribution in [0.2, 0.25) is 0 Å². The summed E-state index contributed by atoms with van der Waals surface area (Å²) in [7, 11) is 0. The van der Waals surface area contributed by atoms with E-state index in [1.54, 1.807) is 28.8 Å². The van der Waals surface area contributed by atoms with E-state index in [9.17, 15) is 9.59 Å². The molecule has 0 bridgehead atoms. The third kappa shape index (κ3) is 4.56. The maximum Gasteiger partial charge on any atom is 0.272 e. The largest absolute Gasteiger partial charge is 0.325 e. The lowest BCUT2D eigenvalue weighted by Gasteiger charge is -2.13. The van der Waals surface area contributed by atoms with Crippen molar-refractivity contribution in [2.75, 3.05) is 11.1 Å². The second-order valence-electron chi connectivity index (χ2n) is 6.36. The Bertz CT molecular complexity index is 1060. The van der Waals surface area contributed by atoms with Crippen LogP contribution in [0.25, 0.3) is 10.2 Å². The van der Waals surface area contributed by atoms with E-state index < -0.39 is 0 Å². The van der Waals surface area contributed by atoms with Gasteiger partial charge >= 0.3 is 0 Å².